The van der Waals surface area contributed by atoms with Crippen LogP contribution in [-0.4, -0.2) is 17.4 Å². The molecule has 20 heavy (non-hydrogen) atoms. The third-order valence-corrected chi connectivity index (χ3v) is 5.58. The van der Waals surface area contributed by atoms with E-state index in [1.807, 2.05) is 13.0 Å². The highest BCUT2D eigenvalue weighted by Gasteiger charge is 2.21. The lowest BCUT2D eigenvalue weighted by atomic mass is 10.2. The lowest BCUT2D eigenvalue weighted by Gasteiger charge is -2.06. The fraction of sp³-hybridized carbons (Fsp3) is 0.0714. The van der Waals surface area contributed by atoms with Gasteiger partial charge in [-0.2, -0.15) is 0 Å². The topological polar surface area (TPSA) is 52.0 Å². The van der Waals surface area contributed by atoms with E-state index in [0.717, 1.165) is 14.5 Å². The summed E-state index contributed by atoms with van der Waals surface area (Å²) in [5, 5.41) is 0.837. The molecule has 0 saturated carbocycles. The van der Waals surface area contributed by atoms with Crippen molar-refractivity contribution in [2.45, 2.75) is 11.8 Å². The predicted molar refractivity (Wildman–Crippen MR) is 86.2 cm³/mol. The highest BCUT2D eigenvalue weighted by molar-refractivity contribution is 14.1. The maximum atomic E-state index is 12.7. The SMILES string of the molecule is Cc1ccc(S(=O)(=O)n2cc(I)c3cccnc32)cc1. The molecule has 0 aliphatic carbocycles. The summed E-state index contributed by atoms with van der Waals surface area (Å²) in [7, 11) is -3.61. The van der Waals surface area contributed by atoms with Crippen LogP contribution >= 0.6 is 22.6 Å². The van der Waals surface area contributed by atoms with Crippen molar-refractivity contribution >= 4 is 43.6 Å². The van der Waals surface area contributed by atoms with Gasteiger partial charge in [0, 0.05) is 21.4 Å². The monoisotopic (exact) mass is 398 g/mol. The number of pyridine rings is 1. The van der Waals surface area contributed by atoms with E-state index in [1.54, 1.807) is 42.7 Å². The summed E-state index contributed by atoms with van der Waals surface area (Å²) in [6.07, 6.45) is 3.20. The van der Waals surface area contributed by atoms with Crippen LogP contribution in [0.5, 0.6) is 0 Å². The third kappa shape index (κ3) is 2.12. The van der Waals surface area contributed by atoms with Gasteiger partial charge in [-0.05, 0) is 53.8 Å². The molecule has 0 amide bonds. The van der Waals surface area contributed by atoms with Crippen LogP contribution in [0.25, 0.3) is 11.0 Å². The molecule has 4 nitrogen and oxygen atoms in total. The summed E-state index contributed by atoms with van der Waals surface area (Å²) in [5.41, 5.74) is 1.48. The largest absolute Gasteiger partial charge is 0.269 e. The fourth-order valence-electron chi connectivity index (χ4n) is 2.00. The van der Waals surface area contributed by atoms with E-state index in [4.69, 9.17) is 0 Å². The van der Waals surface area contributed by atoms with Crippen LogP contribution in [0.1, 0.15) is 5.56 Å². The summed E-state index contributed by atoms with van der Waals surface area (Å²) in [5.74, 6) is 0. The molecular formula is C14H11IN2O2S. The van der Waals surface area contributed by atoms with Gasteiger partial charge in [0.25, 0.3) is 10.0 Å². The van der Waals surface area contributed by atoms with Crippen molar-refractivity contribution in [1.29, 1.82) is 0 Å². The van der Waals surface area contributed by atoms with Crippen molar-refractivity contribution in [2.24, 2.45) is 0 Å². The lowest BCUT2D eigenvalue weighted by molar-refractivity contribution is 0.588. The van der Waals surface area contributed by atoms with Crippen LogP contribution in [0.3, 0.4) is 0 Å². The second-order valence-electron chi connectivity index (χ2n) is 4.47. The summed E-state index contributed by atoms with van der Waals surface area (Å²) < 4.78 is 27.5. The number of benzene rings is 1. The first kappa shape index (κ1) is 13.6. The Balaban J connectivity index is 2.27. The number of hydrogen-bond acceptors (Lipinski definition) is 3. The van der Waals surface area contributed by atoms with E-state index < -0.39 is 10.0 Å². The molecule has 102 valence electrons. The molecule has 0 radical (unpaired) electrons. The van der Waals surface area contributed by atoms with E-state index >= 15 is 0 Å². The smallest absolute Gasteiger partial charge is 0.237 e. The number of aromatic nitrogens is 2. The number of rotatable bonds is 2. The van der Waals surface area contributed by atoms with Gasteiger partial charge < -0.3 is 0 Å². The second-order valence-corrected chi connectivity index (χ2v) is 7.44. The number of halogens is 1. The van der Waals surface area contributed by atoms with Crippen LogP contribution in [-0.2, 0) is 10.0 Å². The van der Waals surface area contributed by atoms with Gasteiger partial charge in [-0.15, -0.1) is 0 Å². The number of nitrogens with zero attached hydrogens (tertiary/aromatic N) is 2. The molecule has 0 aliphatic rings. The van der Waals surface area contributed by atoms with Gasteiger partial charge in [0.05, 0.1) is 4.90 Å². The average Bonchev–Trinajstić information content (AvgIpc) is 2.78. The van der Waals surface area contributed by atoms with Crippen molar-refractivity contribution in [2.75, 3.05) is 0 Å². The maximum Gasteiger partial charge on any atom is 0.269 e. The van der Waals surface area contributed by atoms with Crippen LogP contribution in [0.4, 0.5) is 0 Å². The van der Waals surface area contributed by atoms with Gasteiger partial charge in [-0.3, -0.25) is 0 Å². The summed E-state index contributed by atoms with van der Waals surface area (Å²) in [4.78, 5) is 4.46. The van der Waals surface area contributed by atoms with Crippen LogP contribution < -0.4 is 0 Å². The molecule has 0 aliphatic heterocycles. The van der Waals surface area contributed by atoms with Gasteiger partial charge in [-0.1, -0.05) is 17.7 Å². The van der Waals surface area contributed by atoms with E-state index in [0.29, 0.717) is 5.65 Å². The molecular weight excluding hydrogens is 387 g/mol. The second kappa shape index (κ2) is 4.85. The molecule has 3 rings (SSSR count). The first-order valence-electron chi connectivity index (χ1n) is 5.94. The zero-order chi connectivity index (χ0) is 14.3. The Morgan fingerprint density at radius 2 is 1.85 bits per heavy atom. The minimum absolute atomic E-state index is 0.266. The fourth-order valence-corrected chi connectivity index (χ4v) is 4.21. The third-order valence-electron chi connectivity index (χ3n) is 3.06. The highest BCUT2D eigenvalue weighted by atomic mass is 127. The number of fused-ring (bicyclic) bond motifs is 1. The molecule has 0 bridgehead atoms. The molecule has 0 saturated heterocycles. The molecule has 2 heterocycles. The van der Waals surface area contributed by atoms with E-state index in [-0.39, 0.29) is 4.90 Å². The van der Waals surface area contributed by atoms with Crippen LogP contribution in [0.15, 0.2) is 53.7 Å². The van der Waals surface area contributed by atoms with Gasteiger partial charge in [0.15, 0.2) is 5.65 Å². The van der Waals surface area contributed by atoms with Gasteiger partial charge >= 0.3 is 0 Å². The zero-order valence-electron chi connectivity index (χ0n) is 10.6. The highest BCUT2D eigenvalue weighted by Crippen LogP contribution is 2.25. The molecule has 0 atom stereocenters. The average molecular weight is 398 g/mol. The molecule has 0 N–H and O–H groups in total. The molecule has 0 unspecified atom stereocenters. The minimum atomic E-state index is -3.61. The summed E-state index contributed by atoms with van der Waals surface area (Å²) in [6, 6.07) is 10.5. The van der Waals surface area contributed by atoms with Crippen molar-refractivity contribution in [3.05, 3.63) is 57.9 Å². The molecule has 2 aromatic heterocycles. The Labute approximate surface area is 130 Å². The quantitative estimate of drug-likeness (QED) is 0.624. The molecule has 3 aromatic rings. The Hall–Kier alpha value is -1.41. The van der Waals surface area contributed by atoms with E-state index in [9.17, 15) is 8.42 Å². The molecule has 0 spiro atoms. The zero-order valence-corrected chi connectivity index (χ0v) is 13.6. The van der Waals surface area contributed by atoms with E-state index in [2.05, 4.69) is 27.6 Å². The van der Waals surface area contributed by atoms with Gasteiger partial charge in [0.2, 0.25) is 0 Å². The van der Waals surface area contributed by atoms with Crippen molar-refractivity contribution < 1.29 is 8.42 Å². The standard InChI is InChI=1S/C14H11IN2O2S/c1-10-4-6-11(7-5-10)20(18,19)17-9-13(15)12-3-2-8-16-14(12)17/h2-9H,1H3. The normalized spacial score (nSPS) is 11.9. The Kier molecular flexibility index (Phi) is 3.29. The van der Waals surface area contributed by atoms with E-state index in [1.165, 1.54) is 3.97 Å². The number of hydrogen-bond donors (Lipinski definition) is 0. The Morgan fingerprint density at radius 1 is 1.15 bits per heavy atom. The number of aryl methyl sites for hydroxylation is 1. The summed E-state index contributed by atoms with van der Waals surface area (Å²) >= 11 is 2.12. The van der Waals surface area contributed by atoms with Crippen LogP contribution in [0, 0.1) is 10.5 Å². The molecule has 0 fully saturated rings. The summed E-state index contributed by atoms with van der Waals surface area (Å²) in [6.45, 7) is 1.92. The Bertz CT molecular complexity index is 883. The lowest BCUT2D eigenvalue weighted by Crippen LogP contribution is -2.12. The molecule has 1 aromatic carbocycles. The Morgan fingerprint density at radius 3 is 2.55 bits per heavy atom. The van der Waals surface area contributed by atoms with Crippen molar-refractivity contribution in [1.82, 2.24) is 8.96 Å². The van der Waals surface area contributed by atoms with Gasteiger partial charge in [-0.25, -0.2) is 17.4 Å². The van der Waals surface area contributed by atoms with Crippen molar-refractivity contribution in [3.63, 3.8) is 0 Å². The first-order valence-corrected chi connectivity index (χ1v) is 8.46. The van der Waals surface area contributed by atoms with Gasteiger partial charge in [0.1, 0.15) is 0 Å². The first-order chi connectivity index (χ1) is 9.50. The minimum Gasteiger partial charge on any atom is -0.237 e. The molecule has 6 heteroatoms. The maximum absolute atomic E-state index is 12.7. The van der Waals surface area contributed by atoms with Crippen LogP contribution in [0.2, 0.25) is 0 Å². The predicted octanol–water partition coefficient (Wildman–Crippen LogP) is 3.19. The van der Waals surface area contributed by atoms with Crippen molar-refractivity contribution in [3.8, 4) is 0 Å².